The second-order valence-electron chi connectivity index (χ2n) is 7.90. The maximum Gasteiger partial charge on any atom is 0.339 e. The quantitative estimate of drug-likeness (QED) is 0.543. The number of carbonyl (C=O) groups is 3. The Balaban J connectivity index is 1.47. The Labute approximate surface area is 180 Å². The summed E-state index contributed by atoms with van der Waals surface area (Å²) in [6.07, 6.45) is 2.05. The molecule has 7 nitrogen and oxygen atoms in total. The minimum absolute atomic E-state index is 0.127. The zero-order valence-electron chi connectivity index (χ0n) is 17.5. The smallest absolute Gasteiger partial charge is 0.339 e. The van der Waals surface area contributed by atoms with Crippen molar-refractivity contribution in [2.24, 2.45) is 5.92 Å². The topological polar surface area (TPSA) is 82.1 Å². The van der Waals surface area contributed by atoms with Crippen molar-refractivity contribution >= 4 is 17.7 Å². The monoisotopic (exact) mass is 423 g/mol. The lowest BCUT2D eigenvalue weighted by atomic mass is 9.98. The van der Waals surface area contributed by atoms with E-state index in [1.54, 1.807) is 41.3 Å². The zero-order chi connectivity index (χ0) is 21.8. The van der Waals surface area contributed by atoms with Gasteiger partial charge in [-0.1, -0.05) is 25.1 Å². The van der Waals surface area contributed by atoms with E-state index in [1.807, 2.05) is 0 Å². The van der Waals surface area contributed by atoms with E-state index in [2.05, 4.69) is 6.92 Å². The van der Waals surface area contributed by atoms with Gasteiger partial charge in [0.2, 0.25) is 0 Å². The molecule has 2 aromatic carbocycles. The zero-order valence-corrected chi connectivity index (χ0v) is 17.5. The van der Waals surface area contributed by atoms with Gasteiger partial charge in [0.1, 0.15) is 13.2 Å². The van der Waals surface area contributed by atoms with Crippen molar-refractivity contribution in [3.8, 4) is 11.5 Å². The molecule has 0 N–H and O–H groups in total. The predicted molar refractivity (Wildman–Crippen MR) is 113 cm³/mol. The number of likely N-dealkylation sites (tertiary alicyclic amines) is 1. The van der Waals surface area contributed by atoms with Crippen molar-refractivity contribution in [2.75, 3.05) is 32.9 Å². The molecular formula is C24H25NO6. The highest BCUT2D eigenvalue weighted by molar-refractivity contribution is 6.14. The number of ether oxygens (including phenoxy) is 3. The Morgan fingerprint density at radius 3 is 2.55 bits per heavy atom. The molecule has 0 aromatic heterocycles. The summed E-state index contributed by atoms with van der Waals surface area (Å²) in [6, 6.07) is 11.4. The number of benzene rings is 2. The van der Waals surface area contributed by atoms with Gasteiger partial charge in [-0.25, -0.2) is 4.79 Å². The summed E-state index contributed by atoms with van der Waals surface area (Å²) in [6.45, 7) is 4.00. The van der Waals surface area contributed by atoms with Crippen molar-refractivity contribution in [1.29, 1.82) is 0 Å². The van der Waals surface area contributed by atoms with Crippen molar-refractivity contribution in [1.82, 2.24) is 4.90 Å². The van der Waals surface area contributed by atoms with Crippen LogP contribution in [0.3, 0.4) is 0 Å². The second-order valence-corrected chi connectivity index (χ2v) is 7.90. The number of fused-ring (bicyclic) bond motifs is 1. The Kier molecular flexibility index (Phi) is 6.21. The van der Waals surface area contributed by atoms with Crippen LogP contribution in [0.15, 0.2) is 42.5 Å². The first kappa shape index (κ1) is 20.9. The van der Waals surface area contributed by atoms with Gasteiger partial charge in [0.15, 0.2) is 23.9 Å². The van der Waals surface area contributed by atoms with E-state index in [9.17, 15) is 14.4 Å². The van der Waals surface area contributed by atoms with Crippen LogP contribution in [0.1, 0.15) is 46.0 Å². The summed E-state index contributed by atoms with van der Waals surface area (Å²) >= 11 is 0. The van der Waals surface area contributed by atoms with E-state index >= 15 is 0 Å². The van der Waals surface area contributed by atoms with Crippen LogP contribution in [0.5, 0.6) is 11.5 Å². The molecule has 162 valence electrons. The molecule has 31 heavy (non-hydrogen) atoms. The Morgan fingerprint density at radius 1 is 1.03 bits per heavy atom. The van der Waals surface area contributed by atoms with Gasteiger partial charge in [-0.2, -0.15) is 0 Å². The number of rotatable bonds is 5. The summed E-state index contributed by atoms with van der Waals surface area (Å²) in [5, 5.41) is 0. The molecule has 0 saturated carbocycles. The molecule has 1 atom stereocenters. The minimum Gasteiger partial charge on any atom is -0.486 e. The van der Waals surface area contributed by atoms with Crippen LogP contribution in [-0.4, -0.2) is 55.5 Å². The number of ketones is 1. The lowest BCUT2D eigenvalue weighted by Gasteiger charge is -2.30. The Hall–Kier alpha value is -3.35. The van der Waals surface area contributed by atoms with Crippen LogP contribution in [0.2, 0.25) is 0 Å². The maximum atomic E-state index is 13.1. The number of hydrogen-bond acceptors (Lipinski definition) is 6. The maximum absolute atomic E-state index is 13.1. The van der Waals surface area contributed by atoms with Gasteiger partial charge in [0.05, 0.1) is 5.56 Å². The molecule has 1 saturated heterocycles. The summed E-state index contributed by atoms with van der Waals surface area (Å²) in [7, 11) is 0. The second kappa shape index (κ2) is 9.20. The average Bonchev–Trinajstić information content (AvgIpc) is 2.81. The van der Waals surface area contributed by atoms with Gasteiger partial charge in [0.25, 0.3) is 5.91 Å². The Morgan fingerprint density at radius 2 is 1.77 bits per heavy atom. The predicted octanol–water partition coefficient (Wildman–Crippen LogP) is 3.10. The van der Waals surface area contributed by atoms with E-state index in [4.69, 9.17) is 14.2 Å². The van der Waals surface area contributed by atoms with Crippen LogP contribution >= 0.6 is 0 Å². The highest BCUT2D eigenvalue weighted by Gasteiger charge is 2.24. The normalized spacial score (nSPS) is 17.7. The number of piperidine rings is 1. The number of nitrogens with zero attached hydrogens (tertiary/aromatic N) is 1. The molecule has 0 spiro atoms. The van der Waals surface area contributed by atoms with E-state index in [0.717, 1.165) is 12.8 Å². The first-order chi connectivity index (χ1) is 15.0. The van der Waals surface area contributed by atoms with E-state index in [1.165, 1.54) is 6.07 Å². The number of hydrogen-bond donors (Lipinski definition) is 0. The third kappa shape index (κ3) is 4.71. The van der Waals surface area contributed by atoms with Gasteiger partial charge in [-0.15, -0.1) is 0 Å². The highest BCUT2D eigenvalue weighted by atomic mass is 16.6. The average molecular weight is 423 g/mol. The van der Waals surface area contributed by atoms with Gasteiger partial charge < -0.3 is 19.1 Å². The van der Waals surface area contributed by atoms with Gasteiger partial charge in [-0.3, -0.25) is 9.59 Å². The third-order valence-electron chi connectivity index (χ3n) is 5.53. The van der Waals surface area contributed by atoms with Crippen LogP contribution < -0.4 is 9.47 Å². The first-order valence-electron chi connectivity index (χ1n) is 10.5. The van der Waals surface area contributed by atoms with E-state index in [0.29, 0.717) is 49.3 Å². The Bertz CT molecular complexity index is 1000. The lowest BCUT2D eigenvalue weighted by Crippen LogP contribution is -2.41. The number of carbonyl (C=O) groups excluding carboxylic acids is 3. The fourth-order valence-electron chi connectivity index (χ4n) is 3.91. The third-order valence-corrected chi connectivity index (χ3v) is 5.53. The van der Waals surface area contributed by atoms with Crippen LogP contribution in [0.4, 0.5) is 0 Å². The largest absolute Gasteiger partial charge is 0.486 e. The number of amides is 1. The van der Waals surface area contributed by atoms with Crippen LogP contribution in [-0.2, 0) is 9.53 Å². The molecular weight excluding hydrogens is 398 g/mol. The van der Waals surface area contributed by atoms with Gasteiger partial charge in [-0.05, 0) is 43.0 Å². The van der Waals surface area contributed by atoms with Gasteiger partial charge >= 0.3 is 5.97 Å². The molecule has 4 rings (SSSR count). The molecule has 1 amide bonds. The van der Waals surface area contributed by atoms with Crippen molar-refractivity contribution in [3.05, 3.63) is 59.2 Å². The fraction of sp³-hybridized carbons (Fsp3) is 0.375. The highest BCUT2D eigenvalue weighted by Crippen LogP contribution is 2.31. The van der Waals surface area contributed by atoms with Crippen LogP contribution in [0, 0.1) is 5.92 Å². The molecule has 2 aromatic rings. The van der Waals surface area contributed by atoms with Crippen molar-refractivity contribution in [2.45, 2.75) is 19.8 Å². The molecule has 0 unspecified atom stereocenters. The molecule has 1 fully saturated rings. The minimum atomic E-state index is -0.695. The lowest BCUT2D eigenvalue weighted by molar-refractivity contribution is -0.136. The fourth-order valence-corrected chi connectivity index (χ4v) is 3.91. The molecule has 0 radical (unpaired) electrons. The molecule has 2 aliphatic heterocycles. The molecule has 0 aliphatic carbocycles. The van der Waals surface area contributed by atoms with Crippen LogP contribution in [0.25, 0.3) is 0 Å². The van der Waals surface area contributed by atoms with Crippen molar-refractivity contribution in [3.63, 3.8) is 0 Å². The number of esters is 1. The SMILES string of the molecule is C[C@H]1CCCN(C(=O)COC(=O)c2ccccc2C(=O)c2ccc3c(c2)OCCO3)C1. The summed E-state index contributed by atoms with van der Waals surface area (Å²) in [4.78, 5) is 39.9. The molecule has 2 heterocycles. The van der Waals surface area contributed by atoms with Crippen molar-refractivity contribution < 1.29 is 28.6 Å². The van der Waals surface area contributed by atoms with Gasteiger partial charge in [0, 0.05) is 24.2 Å². The summed E-state index contributed by atoms with van der Waals surface area (Å²) in [5.74, 6) is 0.286. The van der Waals surface area contributed by atoms with E-state index < -0.39 is 5.97 Å². The van der Waals surface area contributed by atoms with E-state index in [-0.39, 0.29) is 29.4 Å². The molecule has 7 heteroatoms. The molecule has 0 bridgehead atoms. The summed E-state index contributed by atoms with van der Waals surface area (Å²) in [5.41, 5.74) is 0.716. The molecule has 2 aliphatic rings. The summed E-state index contributed by atoms with van der Waals surface area (Å²) < 4.78 is 16.3. The standard InChI is InChI=1S/C24H25NO6/c1-16-5-4-10-25(14-16)22(26)15-31-24(28)19-7-3-2-6-18(19)23(27)17-8-9-20-21(13-17)30-12-11-29-20/h2-3,6-9,13,16H,4-5,10-12,14-15H2,1H3/t16-/m0/s1. The first-order valence-corrected chi connectivity index (χ1v) is 10.5.